The first-order chi connectivity index (χ1) is 9.66. The lowest BCUT2D eigenvalue weighted by Gasteiger charge is -2.26. The minimum atomic E-state index is -0.0445. The summed E-state index contributed by atoms with van der Waals surface area (Å²) in [7, 11) is 0. The molecule has 1 aromatic carbocycles. The first-order valence-corrected chi connectivity index (χ1v) is 6.97. The van der Waals surface area contributed by atoms with Gasteiger partial charge in [-0.15, -0.1) is 0 Å². The highest BCUT2D eigenvalue weighted by Gasteiger charge is 2.15. The van der Waals surface area contributed by atoms with Gasteiger partial charge in [0.1, 0.15) is 12.4 Å². The molecule has 1 aliphatic rings. The zero-order valence-electron chi connectivity index (χ0n) is 12.1. The van der Waals surface area contributed by atoms with E-state index in [1.54, 1.807) is 4.90 Å². The van der Waals surface area contributed by atoms with E-state index in [1.165, 1.54) is 11.1 Å². The second kappa shape index (κ2) is 7.14. The van der Waals surface area contributed by atoms with Crippen molar-refractivity contribution < 1.29 is 14.3 Å². The number of amides is 2. The van der Waals surface area contributed by atoms with Gasteiger partial charge in [-0.25, -0.2) is 4.79 Å². The number of carbonyl (C=O) groups is 1. The first-order valence-electron chi connectivity index (χ1n) is 6.97. The maximum atomic E-state index is 11.8. The number of hydrogen-bond acceptors (Lipinski definition) is 3. The zero-order valence-corrected chi connectivity index (χ0v) is 12.1. The quantitative estimate of drug-likeness (QED) is 0.853. The molecular formula is C15H22N2O3. The molecule has 0 aliphatic carbocycles. The Morgan fingerprint density at radius 2 is 2.05 bits per heavy atom. The Kier molecular flexibility index (Phi) is 5.24. The first kappa shape index (κ1) is 14.7. The van der Waals surface area contributed by atoms with E-state index in [0.717, 1.165) is 5.75 Å². The van der Waals surface area contributed by atoms with Crippen LogP contribution in [0.4, 0.5) is 4.79 Å². The third kappa shape index (κ3) is 4.13. The van der Waals surface area contributed by atoms with Gasteiger partial charge in [-0.2, -0.15) is 0 Å². The fourth-order valence-corrected chi connectivity index (χ4v) is 2.01. The summed E-state index contributed by atoms with van der Waals surface area (Å²) in [5.74, 6) is 0.841. The third-order valence-electron chi connectivity index (χ3n) is 3.42. The van der Waals surface area contributed by atoms with Crippen molar-refractivity contribution in [2.45, 2.75) is 13.8 Å². The minimum absolute atomic E-state index is 0.0445. The molecule has 0 bridgehead atoms. The lowest BCUT2D eigenvalue weighted by Crippen LogP contribution is -2.47. The number of urea groups is 1. The van der Waals surface area contributed by atoms with Crippen LogP contribution in [0.3, 0.4) is 0 Å². The molecule has 1 aromatic rings. The highest BCUT2D eigenvalue weighted by molar-refractivity contribution is 5.74. The van der Waals surface area contributed by atoms with Crippen LogP contribution in [0, 0.1) is 13.8 Å². The van der Waals surface area contributed by atoms with E-state index >= 15 is 0 Å². The molecule has 5 nitrogen and oxygen atoms in total. The van der Waals surface area contributed by atoms with Crippen molar-refractivity contribution in [3.8, 4) is 5.75 Å². The van der Waals surface area contributed by atoms with Gasteiger partial charge >= 0.3 is 6.03 Å². The highest BCUT2D eigenvalue weighted by Crippen LogP contribution is 2.15. The summed E-state index contributed by atoms with van der Waals surface area (Å²) in [5, 5.41) is 2.86. The van der Waals surface area contributed by atoms with Gasteiger partial charge in [0, 0.05) is 13.1 Å². The van der Waals surface area contributed by atoms with Crippen LogP contribution in [0.1, 0.15) is 11.1 Å². The molecular weight excluding hydrogens is 256 g/mol. The number of benzene rings is 1. The molecule has 0 radical (unpaired) electrons. The molecule has 1 saturated heterocycles. The molecule has 1 aliphatic heterocycles. The second-order valence-electron chi connectivity index (χ2n) is 4.93. The van der Waals surface area contributed by atoms with E-state index in [9.17, 15) is 4.79 Å². The lowest BCUT2D eigenvalue weighted by atomic mass is 10.1. The Hall–Kier alpha value is -1.75. The number of ether oxygens (including phenoxy) is 2. The van der Waals surface area contributed by atoms with E-state index < -0.39 is 0 Å². The largest absolute Gasteiger partial charge is 0.492 e. The van der Waals surface area contributed by atoms with Gasteiger partial charge in [-0.05, 0) is 37.1 Å². The van der Waals surface area contributed by atoms with Crippen molar-refractivity contribution in [2.75, 3.05) is 39.5 Å². The van der Waals surface area contributed by atoms with Gasteiger partial charge in [0.25, 0.3) is 0 Å². The van der Waals surface area contributed by atoms with E-state index in [4.69, 9.17) is 9.47 Å². The maximum Gasteiger partial charge on any atom is 0.317 e. The van der Waals surface area contributed by atoms with Crippen LogP contribution in [0.5, 0.6) is 5.75 Å². The molecule has 2 rings (SSSR count). The van der Waals surface area contributed by atoms with Crippen molar-refractivity contribution in [1.29, 1.82) is 0 Å². The van der Waals surface area contributed by atoms with E-state index in [0.29, 0.717) is 39.5 Å². The van der Waals surface area contributed by atoms with E-state index in [2.05, 4.69) is 19.2 Å². The van der Waals surface area contributed by atoms with Gasteiger partial charge in [-0.3, -0.25) is 0 Å². The van der Waals surface area contributed by atoms with E-state index in [-0.39, 0.29) is 6.03 Å². The van der Waals surface area contributed by atoms with Gasteiger partial charge < -0.3 is 19.7 Å². The topological polar surface area (TPSA) is 50.8 Å². The Balaban J connectivity index is 1.68. The molecule has 0 saturated carbocycles. The Morgan fingerprint density at radius 3 is 2.75 bits per heavy atom. The molecule has 0 spiro atoms. The van der Waals surface area contributed by atoms with Crippen molar-refractivity contribution in [2.24, 2.45) is 0 Å². The number of hydrogen-bond donors (Lipinski definition) is 1. The molecule has 110 valence electrons. The fourth-order valence-electron chi connectivity index (χ4n) is 2.01. The summed E-state index contributed by atoms with van der Waals surface area (Å²) in [6.07, 6.45) is 0. The van der Waals surface area contributed by atoms with Crippen molar-refractivity contribution in [3.63, 3.8) is 0 Å². The number of rotatable bonds is 4. The van der Waals surface area contributed by atoms with Crippen LogP contribution in [0.25, 0.3) is 0 Å². The number of nitrogens with one attached hydrogen (secondary N) is 1. The van der Waals surface area contributed by atoms with Crippen molar-refractivity contribution >= 4 is 6.03 Å². The number of carbonyl (C=O) groups excluding carboxylic acids is 1. The molecule has 0 atom stereocenters. The van der Waals surface area contributed by atoms with Gasteiger partial charge in [0.05, 0.1) is 19.8 Å². The van der Waals surface area contributed by atoms with Gasteiger partial charge in [0.2, 0.25) is 0 Å². The van der Waals surface area contributed by atoms with Crippen LogP contribution >= 0.6 is 0 Å². The summed E-state index contributed by atoms with van der Waals surface area (Å²) < 4.78 is 10.8. The predicted molar refractivity (Wildman–Crippen MR) is 77.2 cm³/mol. The fraction of sp³-hybridized carbons (Fsp3) is 0.533. The van der Waals surface area contributed by atoms with Crippen LogP contribution in [-0.4, -0.2) is 50.4 Å². The van der Waals surface area contributed by atoms with Crippen LogP contribution < -0.4 is 10.1 Å². The average molecular weight is 278 g/mol. The molecule has 0 aromatic heterocycles. The second-order valence-corrected chi connectivity index (χ2v) is 4.93. The standard InChI is InChI=1S/C15H22N2O3/c1-12-3-4-14(11-13(12)2)20-8-5-16-15(18)17-6-9-19-10-7-17/h3-4,11H,5-10H2,1-2H3,(H,16,18). The summed E-state index contributed by atoms with van der Waals surface area (Å²) in [6.45, 7) is 7.65. The average Bonchev–Trinajstić information content (AvgIpc) is 2.48. The normalized spacial score (nSPS) is 15.0. The number of nitrogens with zero attached hydrogens (tertiary/aromatic N) is 1. The number of aryl methyl sites for hydroxylation is 2. The Morgan fingerprint density at radius 1 is 1.30 bits per heavy atom. The van der Waals surface area contributed by atoms with Crippen LogP contribution in [0.15, 0.2) is 18.2 Å². The van der Waals surface area contributed by atoms with Crippen LogP contribution in [0.2, 0.25) is 0 Å². The van der Waals surface area contributed by atoms with Crippen LogP contribution in [-0.2, 0) is 4.74 Å². The monoisotopic (exact) mass is 278 g/mol. The molecule has 5 heteroatoms. The summed E-state index contributed by atoms with van der Waals surface area (Å²) in [6, 6.07) is 5.96. The van der Waals surface area contributed by atoms with Gasteiger partial charge in [-0.1, -0.05) is 6.07 Å². The summed E-state index contributed by atoms with van der Waals surface area (Å²) in [5.41, 5.74) is 2.46. The maximum absolute atomic E-state index is 11.8. The third-order valence-corrected chi connectivity index (χ3v) is 3.42. The van der Waals surface area contributed by atoms with E-state index in [1.807, 2.05) is 18.2 Å². The summed E-state index contributed by atoms with van der Waals surface area (Å²) >= 11 is 0. The smallest absolute Gasteiger partial charge is 0.317 e. The minimum Gasteiger partial charge on any atom is -0.492 e. The van der Waals surface area contributed by atoms with Gasteiger partial charge in [0.15, 0.2) is 0 Å². The zero-order chi connectivity index (χ0) is 14.4. The molecule has 0 unspecified atom stereocenters. The Bertz CT molecular complexity index is 456. The lowest BCUT2D eigenvalue weighted by molar-refractivity contribution is 0.0530. The molecule has 1 heterocycles. The SMILES string of the molecule is Cc1ccc(OCCNC(=O)N2CCOCC2)cc1C. The molecule has 20 heavy (non-hydrogen) atoms. The predicted octanol–water partition coefficient (Wildman–Crippen LogP) is 1.72. The summed E-state index contributed by atoms with van der Waals surface area (Å²) in [4.78, 5) is 13.6. The highest BCUT2D eigenvalue weighted by atomic mass is 16.5. The Labute approximate surface area is 119 Å². The molecule has 2 amide bonds. The number of morpholine rings is 1. The van der Waals surface area contributed by atoms with Crippen molar-refractivity contribution in [3.05, 3.63) is 29.3 Å². The molecule has 1 fully saturated rings. The van der Waals surface area contributed by atoms with Crippen molar-refractivity contribution in [1.82, 2.24) is 10.2 Å². The molecule has 1 N–H and O–H groups in total.